The summed E-state index contributed by atoms with van der Waals surface area (Å²) >= 11 is 0. The van der Waals surface area contributed by atoms with Crippen LogP contribution in [0, 0.1) is 13.8 Å². The van der Waals surface area contributed by atoms with Crippen LogP contribution >= 0.6 is 0 Å². The number of carbonyl (C=O) groups excluding carboxylic acids is 1. The molecule has 3 rings (SSSR count). The molecule has 0 fully saturated rings. The number of carbonyl (C=O) groups is 1. The van der Waals surface area contributed by atoms with Crippen molar-refractivity contribution in [3.8, 4) is 11.1 Å². The molecular weight excluding hydrogens is 384 g/mol. The maximum Gasteiger partial charge on any atom is 0.251 e. The van der Waals surface area contributed by atoms with Gasteiger partial charge in [0.25, 0.3) is 5.91 Å². The van der Waals surface area contributed by atoms with Crippen LogP contribution in [0.2, 0.25) is 0 Å². The van der Waals surface area contributed by atoms with Crippen LogP contribution in [-0.2, 0) is 9.84 Å². The second-order valence-corrected chi connectivity index (χ2v) is 9.33. The van der Waals surface area contributed by atoms with Gasteiger partial charge >= 0.3 is 0 Å². The van der Waals surface area contributed by atoms with Gasteiger partial charge < -0.3 is 5.32 Å². The third-order valence-corrected chi connectivity index (χ3v) is 5.86. The molecule has 6 heteroatoms. The van der Waals surface area contributed by atoms with Crippen LogP contribution < -0.4 is 5.32 Å². The van der Waals surface area contributed by atoms with Crippen LogP contribution in [0.5, 0.6) is 0 Å². The smallest absolute Gasteiger partial charge is 0.251 e. The third-order valence-electron chi connectivity index (χ3n) is 4.76. The molecule has 0 aliphatic carbocycles. The Hall–Kier alpha value is -2.99. The minimum absolute atomic E-state index is 0.116. The van der Waals surface area contributed by atoms with Gasteiger partial charge in [-0.15, -0.1) is 0 Å². The van der Waals surface area contributed by atoms with E-state index in [0.717, 1.165) is 28.6 Å². The first-order chi connectivity index (χ1) is 13.6. The van der Waals surface area contributed by atoms with Gasteiger partial charge in [-0.05, 0) is 61.7 Å². The molecular formula is C23H24N2O3S. The van der Waals surface area contributed by atoms with Crippen molar-refractivity contribution >= 4 is 15.7 Å². The Balaban J connectivity index is 1.96. The average Bonchev–Trinajstić information content (AvgIpc) is 2.68. The molecule has 1 heterocycles. The first-order valence-corrected chi connectivity index (χ1v) is 11.2. The number of nitrogens with zero attached hydrogens (tertiary/aromatic N) is 1. The van der Waals surface area contributed by atoms with E-state index in [0.29, 0.717) is 11.1 Å². The zero-order valence-electron chi connectivity index (χ0n) is 16.9. The Morgan fingerprint density at radius 2 is 1.66 bits per heavy atom. The zero-order valence-corrected chi connectivity index (χ0v) is 17.7. The Labute approximate surface area is 171 Å². The topological polar surface area (TPSA) is 76.1 Å². The van der Waals surface area contributed by atoms with Gasteiger partial charge in [0.15, 0.2) is 9.84 Å². The Bertz CT molecular complexity index is 1140. The number of aromatic nitrogens is 1. The molecule has 1 aromatic heterocycles. The summed E-state index contributed by atoms with van der Waals surface area (Å²) in [4.78, 5) is 17.3. The summed E-state index contributed by atoms with van der Waals surface area (Å²) < 4.78 is 24.4. The summed E-state index contributed by atoms with van der Waals surface area (Å²) in [6, 6.07) is 16.0. The van der Waals surface area contributed by atoms with Crippen molar-refractivity contribution in [1.29, 1.82) is 0 Å². The van der Waals surface area contributed by atoms with Crippen LogP contribution in [0.4, 0.5) is 0 Å². The zero-order chi connectivity index (χ0) is 21.2. The van der Waals surface area contributed by atoms with Gasteiger partial charge in [-0.1, -0.05) is 35.9 Å². The summed E-state index contributed by atoms with van der Waals surface area (Å²) in [5, 5.41) is 2.92. The molecule has 1 N–H and O–H groups in total. The molecule has 0 radical (unpaired) electrons. The lowest BCUT2D eigenvalue weighted by Crippen LogP contribution is -2.27. The molecule has 0 aliphatic heterocycles. The summed E-state index contributed by atoms with van der Waals surface area (Å²) in [6.45, 7) is 5.75. The highest BCUT2D eigenvalue weighted by Gasteiger charge is 2.17. The monoisotopic (exact) mass is 408 g/mol. The number of sulfone groups is 1. The molecule has 0 saturated carbocycles. The van der Waals surface area contributed by atoms with Gasteiger partial charge in [0.1, 0.15) is 0 Å². The van der Waals surface area contributed by atoms with E-state index in [-0.39, 0.29) is 16.8 Å². The quantitative estimate of drug-likeness (QED) is 0.684. The largest absolute Gasteiger partial charge is 0.345 e. The number of amides is 1. The molecule has 0 unspecified atom stereocenters. The van der Waals surface area contributed by atoms with Crippen molar-refractivity contribution in [3.63, 3.8) is 0 Å². The van der Waals surface area contributed by atoms with Crippen molar-refractivity contribution < 1.29 is 13.2 Å². The van der Waals surface area contributed by atoms with E-state index in [1.165, 1.54) is 6.07 Å². The fourth-order valence-electron chi connectivity index (χ4n) is 2.96. The third kappa shape index (κ3) is 5.09. The van der Waals surface area contributed by atoms with Crippen LogP contribution in [0.25, 0.3) is 11.1 Å². The molecule has 3 aromatic rings. The van der Waals surface area contributed by atoms with E-state index in [9.17, 15) is 13.2 Å². The first kappa shape index (κ1) is 20.7. The molecule has 29 heavy (non-hydrogen) atoms. The Kier molecular flexibility index (Phi) is 5.84. The van der Waals surface area contributed by atoms with Gasteiger partial charge in [-0.3, -0.25) is 9.78 Å². The van der Waals surface area contributed by atoms with Gasteiger partial charge in [0, 0.05) is 23.7 Å². The molecule has 1 atom stereocenters. The molecule has 1 amide bonds. The summed E-state index contributed by atoms with van der Waals surface area (Å²) in [5.74, 6) is -0.336. The van der Waals surface area contributed by atoms with Crippen molar-refractivity contribution in [1.82, 2.24) is 10.3 Å². The summed E-state index contributed by atoms with van der Waals surface area (Å²) in [5.41, 5.74) is 4.72. The lowest BCUT2D eigenvalue weighted by atomic mass is 10.0. The number of hydrogen-bond donors (Lipinski definition) is 1. The normalized spacial score (nSPS) is 12.4. The number of rotatable bonds is 5. The predicted octanol–water partition coefficient (Wildman–Crippen LogP) is 4.26. The number of hydrogen-bond acceptors (Lipinski definition) is 4. The van der Waals surface area contributed by atoms with Crippen molar-refractivity contribution in [2.24, 2.45) is 0 Å². The second-order valence-electron chi connectivity index (χ2n) is 7.31. The highest BCUT2D eigenvalue weighted by Crippen LogP contribution is 2.26. The summed E-state index contributed by atoms with van der Waals surface area (Å²) in [6.07, 6.45) is 2.87. The van der Waals surface area contributed by atoms with Crippen LogP contribution in [0.15, 0.2) is 65.7 Å². The van der Waals surface area contributed by atoms with Crippen molar-refractivity contribution in [3.05, 3.63) is 83.2 Å². The molecule has 0 spiro atoms. The standard InChI is InChI=1S/C23H24N2O3S/c1-15-5-8-18(9-6-15)20-11-21(13-22(12-20)29(4,27)28)23(26)25-17(3)19-10-7-16(2)24-14-19/h5-14,17H,1-4H3,(H,25,26)/t17-/m1/s1. The van der Waals surface area contributed by atoms with E-state index >= 15 is 0 Å². The Morgan fingerprint density at radius 3 is 2.24 bits per heavy atom. The van der Waals surface area contributed by atoms with Crippen LogP contribution in [0.1, 0.15) is 40.1 Å². The predicted molar refractivity (Wildman–Crippen MR) is 115 cm³/mol. The van der Waals surface area contributed by atoms with E-state index in [2.05, 4.69) is 10.3 Å². The second kappa shape index (κ2) is 8.17. The van der Waals surface area contributed by atoms with E-state index in [4.69, 9.17) is 0 Å². The fourth-order valence-corrected chi connectivity index (χ4v) is 3.64. The van der Waals surface area contributed by atoms with Crippen molar-refractivity contribution in [2.75, 3.05) is 6.26 Å². The minimum atomic E-state index is -3.47. The lowest BCUT2D eigenvalue weighted by Gasteiger charge is -2.15. The van der Waals surface area contributed by atoms with E-state index in [1.807, 2.05) is 57.2 Å². The molecule has 0 aliphatic rings. The number of pyridine rings is 1. The van der Waals surface area contributed by atoms with Crippen molar-refractivity contribution in [2.45, 2.75) is 31.7 Å². The molecule has 5 nitrogen and oxygen atoms in total. The highest BCUT2D eigenvalue weighted by atomic mass is 32.2. The lowest BCUT2D eigenvalue weighted by molar-refractivity contribution is 0.0939. The minimum Gasteiger partial charge on any atom is -0.345 e. The maximum absolute atomic E-state index is 12.9. The van der Waals surface area contributed by atoms with Gasteiger partial charge in [-0.25, -0.2) is 8.42 Å². The Morgan fingerprint density at radius 1 is 0.966 bits per heavy atom. The number of benzene rings is 2. The van der Waals surface area contributed by atoms with E-state index < -0.39 is 9.84 Å². The SMILES string of the molecule is Cc1ccc(-c2cc(C(=O)N[C@H](C)c3ccc(C)nc3)cc(S(C)(=O)=O)c2)cc1. The molecule has 0 bridgehead atoms. The highest BCUT2D eigenvalue weighted by molar-refractivity contribution is 7.90. The van der Waals surface area contributed by atoms with Crippen LogP contribution in [0.3, 0.4) is 0 Å². The van der Waals surface area contributed by atoms with E-state index in [1.54, 1.807) is 18.3 Å². The summed E-state index contributed by atoms with van der Waals surface area (Å²) in [7, 11) is -3.47. The maximum atomic E-state index is 12.9. The van der Waals surface area contributed by atoms with Gasteiger partial charge in [0.05, 0.1) is 10.9 Å². The van der Waals surface area contributed by atoms with Gasteiger partial charge in [-0.2, -0.15) is 0 Å². The number of nitrogens with one attached hydrogen (secondary N) is 1. The molecule has 2 aromatic carbocycles. The van der Waals surface area contributed by atoms with Crippen LogP contribution in [-0.4, -0.2) is 25.6 Å². The molecule has 150 valence electrons. The first-order valence-electron chi connectivity index (χ1n) is 9.29. The number of aryl methyl sites for hydroxylation is 2. The van der Waals surface area contributed by atoms with Gasteiger partial charge in [0.2, 0.25) is 0 Å². The fraction of sp³-hybridized carbons (Fsp3) is 0.217. The average molecular weight is 409 g/mol. The molecule has 0 saturated heterocycles.